The molecule has 2 nitrogen and oxygen atoms in total. The van der Waals surface area contributed by atoms with Gasteiger partial charge in [0, 0.05) is 32.2 Å². The number of benzene rings is 1. The van der Waals surface area contributed by atoms with Gasteiger partial charge in [-0.05, 0) is 37.1 Å². The van der Waals surface area contributed by atoms with Gasteiger partial charge >= 0.3 is 6.18 Å². The lowest BCUT2D eigenvalue weighted by Crippen LogP contribution is -2.49. The molecule has 1 atom stereocenters. The summed E-state index contributed by atoms with van der Waals surface area (Å²) in [6, 6.07) is 4.43. The highest BCUT2D eigenvalue weighted by atomic mass is 19.4. The summed E-state index contributed by atoms with van der Waals surface area (Å²) in [5, 5.41) is 3.30. The first-order chi connectivity index (χ1) is 8.88. The molecule has 1 aliphatic heterocycles. The summed E-state index contributed by atoms with van der Waals surface area (Å²) in [6.45, 7) is 7.39. The summed E-state index contributed by atoms with van der Waals surface area (Å²) in [4.78, 5) is 2.30. The summed E-state index contributed by atoms with van der Waals surface area (Å²) in [7, 11) is 0. The van der Waals surface area contributed by atoms with Crippen molar-refractivity contribution in [3.05, 3.63) is 34.9 Å². The number of halogens is 3. The molecule has 5 heteroatoms. The average molecular weight is 272 g/mol. The molecule has 19 heavy (non-hydrogen) atoms. The summed E-state index contributed by atoms with van der Waals surface area (Å²) in [5.74, 6) is 0. The van der Waals surface area contributed by atoms with E-state index in [1.807, 2.05) is 0 Å². The van der Waals surface area contributed by atoms with Crippen molar-refractivity contribution in [3.63, 3.8) is 0 Å². The lowest BCUT2D eigenvalue weighted by molar-refractivity contribution is -0.137. The number of aryl methyl sites for hydroxylation is 1. The first-order valence-electron chi connectivity index (χ1n) is 6.49. The molecule has 1 heterocycles. The maximum atomic E-state index is 12.6. The second-order valence-electron chi connectivity index (χ2n) is 5.16. The Morgan fingerprint density at radius 3 is 2.68 bits per heavy atom. The number of rotatable bonds is 2. The molecule has 2 rings (SSSR count). The third kappa shape index (κ3) is 3.48. The summed E-state index contributed by atoms with van der Waals surface area (Å²) in [5.41, 5.74) is 1.12. The van der Waals surface area contributed by atoms with E-state index in [1.54, 1.807) is 13.0 Å². The molecule has 0 radical (unpaired) electrons. The van der Waals surface area contributed by atoms with Crippen LogP contribution in [0.3, 0.4) is 0 Å². The Kier molecular flexibility index (Phi) is 4.16. The number of nitrogens with one attached hydrogen (secondary N) is 1. The van der Waals surface area contributed by atoms with Crippen LogP contribution in [0, 0.1) is 6.92 Å². The van der Waals surface area contributed by atoms with Crippen molar-refractivity contribution < 1.29 is 13.2 Å². The van der Waals surface area contributed by atoms with Gasteiger partial charge in [0.15, 0.2) is 0 Å². The minimum absolute atomic E-state index is 0.412. The van der Waals surface area contributed by atoms with Crippen LogP contribution < -0.4 is 5.32 Å². The van der Waals surface area contributed by atoms with Gasteiger partial charge in [-0.1, -0.05) is 6.07 Å². The Hall–Kier alpha value is -1.07. The zero-order chi connectivity index (χ0) is 14.0. The molecule has 1 aromatic carbocycles. The van der Waals surface area contributed by atoms with Gasteiger partial charge in [-0.2, -0.15) is 13.2 Å². The van der Waals surface area contributed by atoms with Crippen molar-refractivity contribution in [2.75, 3.05) is 19.6 Å². The second kappa shape index (κ2) is 5.51. The molecule has 1 N–H and O–H groups in total. The summed E-state index contributed by atoms with van der Waals surface area (Å²) in [6.07, 6.45) is -4.26. The second-order valence-corrected chi connectivity index (χ2v) is 5.16. The minimum atomic E-state index is -4.26. The Morgan fingerprint density at radius 1 is 1.37 bits per heavy atom. The van der Waals surface area contributed by atoms with E-state index >= 15 is 0 Å². The predicted octanol–water partition coefficient (Wildman–Crippen LogP) is 2.81. The van der Waals surface area contributed by atoms with Gasteiger partial charge < -0.3 is 5.32 Å². The number of alkyl halides is 3. The van der Waals surface area contributed by atoms with Crippen molar-refractivity contribution in [2.45, 2.75) is 32.6 Å². The molecule has 1 aliphatic rings. The van der Waals surface area contributed by atoms with E-state index in [4.69, 9.17) is 0 Å². The van der Waals surface area contributed by atoms with E-state index in [0.717, 1.165) is 25.2 Å². The fraction of sp³-hybridized carbons (Fsp3) is 0.571. The largest absolute Gasteiger partial charge is 0.416 e. The van der Waals surface area contributed by atoms with Crippen LogP contribution in [0.2, 0.25) is 0 Å². The van der Waals surface area contributed by atoms with Gasteiger partial charge in [0.25, 0.3) is 0 Å². The fourth-order valence-corrected chi connectivity index (χ4v) is 2.39. The maximum absolute atomic E-state index is 12.6. The number of hydrogen-bond acceptors (Lipinski definition) is 2. The molecule has 0 saturated carbocycles. The molecule has 1 saturated heterocycles. The molecule has 0 spiro atoms. The Balaban J connectivity index is 2.13. The smallest absolute Gasteiger partial charge is 0.314 e. The highest BCUT2D eigenvalue weighted by Gasteiger charge is 2.30. The van der Waals surface area contributed by atoms with E-state index in [2.05, 4.69) is 17.1 Å². The molecule has 1 fully saturated rings. The SMILES string of the molecule is Cc1cc(C(F)(F)F)ccc1CN1CCNC[C@@H]1C. The number of piperazine rings is 1. The fourth-order valence-electron chi connectivity index (χ4n) is 2.39. The van der Waals surface area contributed by atoms with Crippen LogP contribution in [0.25, 0.3) is 0 Å². The highest BCUT2D eigenvalue weighted by Crippen LogP contribution is 2.30. The van der Waals surface area contributed by atoms with Crippen molar-refractivity contribution in [3.8, 4) is 0 Å². The van der Waals surface area contributed by atoms with E-state index in [-0.39, 0.29) is 0 Å². The van der Waals surface area contributed by atoms with Crippen LogP contribution in [-0.2, 0) is 12.7 Å². The normalized spacial score (nSPS) is 21.6. The van der Waals surface area contributed by atoms with Crippen LogP contribution >= 0.6 is 0 Å². The van der Waals surface area contributed by atoms with Crippen molar-refractivity contribution in [2.24, 2.45) is 0 Å². The van der Waals surface area contributed by atoms with E-state index in [1.165, 1.54) is 12.1 Å². The third-order valence-electron chi connectivity index (χ3n) is 3.68. The monoisotopic (exact) mass is 272 g/mol. The van der Waals surface area contributed by atoms with Gasteiger partial charge in [0.05, 0.1) is 5.56 Å². The van der Waals surface area contributed by atoms with Gasteiger partial charge in [-0.25, -0.2) is 0 Å². The minimum Gasteiger partial charge on any atom is -0.314 e. The molecule has 0 amide bonds. The van der Waals surface area contributed by atoms with Gasteiger partial charge in [0.2, 0.25) is 0 Å². The van der Waals surface area contributed by atoms with Crippen molar-refractivity contribution >= 4 is 0 Å². The zero-order valence-electron chi connectivity index (χ0n) is 11.2. The van der Waals surface area contributed by atoms with Crippen molar-refractivity contribution in [1.29, 1.82) is 0 Å². The van der Waals surface area contributed by atoms with Gasteiger partial charge in [-0.15, -0.1) is 0 Å². The highest BCUT2D eigenvalue weighted by molar-refractivity contribution is 5.32. The Bertz CT molecular complexity index is 443. The van der Waals surface area contributed by atoms with E-state index in [0.29, 0.717) is 18.2 Å². The standard InChI is InChI=1S/C14H19F3N2/c1-10-7-13(14(15,16)17)4-3-12(10)9-19-6-5-18-8-11(19)2/h3-4,7,11,18H,5-6,8-9H2,1-2H3/t11-/m0/s1. The zero-order valence-corrected chi connectivity index (χ0v) is 11.2. The molecular weight excluding hydrogens is 253 g/mol. The topological polar surface area (TPSA) is 15.3 Å². The molecular formula is C14H19F3N2. The van der Waals surface area contributed by atoms with Crippen molar-refractivity contribution in [1.82, 2.24) is 10.2 Å². The van der Waals surface area contributed by atoms with Crippen LogP contribution in [-0.4, -0.2) is 30.6 Å². The van der Waals surface area contributed by atoms with Crippen LogP contribution in [0.15, 0.2) is 18.2 Å². The van der Waals surface area contributed by atoms with Gasteiger partial charge in [-0.3, -0.25) is 4.90 Å². The molecule has 0 aromatic heterocycles. The first-order valence-corrected chi connectivity index (χ1v) is 6.49. The Labute approximate surface area is 111 Å². The van der Waals surface area contributed by atoms with Crippen LogP contribution in [0.4, 0.5) is 13.2 Å². The summed E-state index contributed by atoms with van der Waals surface area (Å²) >= 11 is 0. The molecule has 0 unspecified atom stereocenters. The van der Waals surface area contributed by atoms with Gasteiger partial charge in [0.1, 0.15) is 0 Å². The van der Waals surface area contributed by atoms with E-state index in [9.17, 15) is 13.2 Å². The van der Waals surface area contributed by atoms with E-state index < -0.39 is 11.7 Å². The number of nitrogens with zero attached hydrogens (tertiary/aromatic N) is 1. The summed E-state index contributed by atoms with van der Waals surface area (Å²) < 4.78 is 37.8. The molecule has 0 aliphatic carbocycles. The van der Waals surface area contributed by atoms with Crippen LogP contribution in [0.1, 0.15) is 23.6 Å². The molecule has 0 bridgehead atoms. The quantitative estimate of drug-likeness (QED) is 0.890. The van der Waals surface area contributed by atoms with Crippen LogP contribution in [0.5, 0.6) is 0 Å². The molecule has 106 valence electrons. The first kappa shape index (κ1) is 14.3. The lowest BCUT2D eigenvalue weighted by atomic mass is 10.0. The maximum Gasteiger partial charge on any atom is 0.416 e. The Morgan fingerprint density at radius 2 is 2.11 bits per heavy atom. The molecule has 1 aromatic rings. The third-order valence-corrected chi connectivity index (χ3v) is 3.68. The number of hydrogen-bond donors (Lipinski definition) is 1. The average Bonchev–Trinajstić information content (AvgIpc) is 2.33. The predicted molar refractivity (Wildman–Crippen MR) is 68.9 cm³/mol. The lowest BCUT2D eigenvalue weighted by Gasteiger charge is -2.34.